The number of carbonyl (C=O) groups is 4. The molecule has 134 valence electrons. The Morgan fingerprint density at radius 3 is 0.773 bits per heavy atom. The second-order valence-corrected chi connectivity index (χ2v) is 3.20. The standard InChI is InChI=1S/C3H10N2O.4C2H4O2/c4-1-3(6)2-5;4*1-2(3)4/h3,6H,1-2,4-5H2;4*1H3,(H,3,4). The summed E-state index contributed by atoms with van der Waals surface area (Å²) in [5.74, 6) is -3.33. The highest BCUT2D eigenvalue weighted by atomic mass is 16.4. The van der Waals surface area contributed by atoms with E-state index in [1.54, 1.807) is 0 Å². The van der Waals surface area contributed by atoms with E-state index in [4.69, 9.17) is 56.2 Å². The molecule has 0 saturated carbocycles. The minimum Gasteiger partial charge on any atom is -0.481 e. The minimum absolute atomic E-state index is 0.260. The minimum atomic E-state index is -0.833. The molecule has 11 heteroatoms. The molecule has 0 aliphatic carbocycles. The Balaban J connectivity index is -0.0000000555. The lowest BCUT2D eigenvalue weighted by molar-refractivity contribution is -0.135. The van der Waals surface area contributed by atoms with Gasteiger partial charge in [-0.2, -0.15) is 0 Å². The summed E-state index contributed by atoms with van der Waals surface area (Å²) in [4.78, 5) is 36.0. The van der Waals surface area contributed by atoms with Crippen molar-refractivity contribution in [2.45, 2.75) is 33.8 Å². The van der Waals surface area contributed by atoms with Gasteiger partial charge in [0, 0.05) is 40.8 Å². The quantitative estimate of drug-likeness (QED) is 0.312. The van der Waals surface area contributed by atoms with Gasteiger partial charge in [0.2, 0.25) is 0 Å². The van der Waals surface area contributed by atoms with E-state index in [9.17, 15) is 0 Å². The zero-order chi connectivity index (χ0) is 19.3. The molecule has 11 nitrogen and oxygen atoms in total. The van der Waals surface area contributed by atoms with Gasteiger partial charge in [-0.1, -0.05) is 0 Å². The lowest BCUT2D eigenvalue weighted by Crippen LogP contribution is -2.27. The normalized spacial score (nSPS) is 7.27. The van der Waals surface area contributed by atoms with E-state index in [2.05, 4.69) is 0 Å². The van der Waals surface area contributed by atoms with Gasteiger partial charge in [-0.3, -0.25) is 19.2 Å². The summed E-state index contributed by atoms with van der Waals surface area (Å²) in [6.07, 6.45) is -0.509. The molecule has 0 aromatic heterocycles. The van der Waals surface area contributed by atoms with Crippen molar-refractivity contribution in [3.63, 3.8) is 0 Å². The largest absolute Gasteiger partial charge is 0.481 e. The molecule has 0 saturated heterocycles. The summed E-state index contributed by atoms with van der Waals surface area (Å²) in [5.41, 5.74) is 9.91. The van der Waals surface area contributed by atoms with Gasteiger partial charge in [-0.25, -0.2) is 0 Å². The number of aliphatic carboxylic acids is 4. The van der Waals surface area contributed by atoms with Crippen molar-refractivity contribution in [3.8, 4) is 0 Å². The Morgan fingerprint density at radius 2 is 0.773 bits per heavy atom. The molecule has 0 amide bonds. The molecule has 0 atom stereocenters. The fourth-order valence-electron chi connectivity index (χ4n) is 0.0962. The second-order valence-electron chi connectivity index (χ2n) is 3.20. The van der Waals surface area contributed by atoms with E-state index in [0.29, 0.717) is 0 Å². The molecular weight excluding hydrogens is 304 g/mol. The van der Waals surface area contributed by atoms with E-state index >= 15 is 0 Å². The van der Waals surface area contributed by atoms with Crippen LogP contribution < -0.4 is 11.5 Å². The molecule has 0 fully saturated rings. The van der Waals surface area contributed by atoms with Gasteiger partial charge in [-0.05, 0) is 0 Å². The van der Waals surface area contributed by atoms with Crippen molar-refractivity contribution in [1.82, 2.24) is 0 Å². The smallest absolute Gasteiger partial charge is 0.300 e. The van der Waals surface area contributed by atoms with Crippen LogP contribution in [0.5, 0.6) is 0 Å². The first-order valence-electron chi connectivity index (χ1n) is 5.60. The van der Waals surface area contributed by atoms with Crippen LogP contribution in [0, 0.1) is 0 Å². The maximum atomic E-state index is 9.00. The Labute approximate surface area is 128 Å². The highest BCUT2D eigenvalue weighted by Crippen LogP contribution is 1.66. The van der Waals surface area contributed by atoms with Gasteiger partial charge < -0.3 is 37.0 Å². The molecule has 0 bridgehead atoms. The molecular formula is C11H26N2O9. The van der Waals surface area contributed by atoms with Crippen molar-refractivity contribution in [2.24, 2.45) is 11.5 Å². The molecule has 0 unspecified atom stereocenters. The molecule has 0 aliphatic rings. The van der Waals surface area contributed by atoms with Crippen LogP contribution in [0.4, 0.5) is 0 Å². The van der Waals surface area contributed by atoms with E-state index in [1.807, 2.05) is 0 Å². The van der Waals surface area contributed by atoms with E-state index in [-0.39, 0.29) is 13.1 Å². The maximum Gasteiger partial charge on any atom is 0.300 e. The highest BCUT2D eigenvalue weighted by molar-refractivity contribution is 5.63. The molecule has 0 radical (unpaired) electrons. The van der Waals surface area contributed by atoms with Crippen molar-refractivity contribution in [3.05, 3.63) is 0 Å². The number of hydrogen-bond acceptors (Lipinski definition) is 7. The van der Waals surface area contributed by atoms with Crippen LogP contribution in [-0.4, -0.2) is 68.6 Å². The van der Waals surface area contributed by atoms with E-state index < -0.39 is 30.0 Å². The number of aliphatic hydroxyl groups excluding tert-OH is 1. The Kier molecular flexibility index (Phi) is 39.4. The number of aliphatic hydroxyl groups is 1. The SMILES string of the molecule is CC(=O)O.CC(=O)O.CC(=O)O.CC(=O)O.NCC(O)CN. The van der Waals surface area contributed by atoms with Crippen LogP contribution >= 0.6 is 0 Å². The molecule has 0 heterocycles. The van der Waals surface area contributed by atoms with E-state index in [1.165, 1.54) is 0 Å². The molecule has 0 rings (SSSR count). The average Bonchev–Trinajstić information content (AvgIpc) is 2.24. The summed E-state index contributed by atoms with van der Waals surface area (Å²) in [7, 11) is 0. The van der Waals surface area contributed by atoms with Crippen LogP contribution in [0.15, 0.2) is 0 Å². The summed E-state index contributed by atoms with van der Waals surface area (Å²) in [6, 6.07) is 0. The van der Waals surface area contributed by atoms with Gasteiger partial charge in [-0.15, -0.1) is 0 Å². The Morgan fingerprint density at radius 1 is 0.682 bits per heavy atom. The van der Waals surface area contributed by atoms with Crippen LogP contribution in [0.3, 0.4) is 0 Å². The maximum absolute atomic E-state index is 9.00. The third kappa shape index (κ3) is 1610. The number of rotatable bonds is 2. The Hall–Kier alpha value is -2.24. The topological polar surface area (TPSA) is 221 Å². The summed E-state index contributed by atoms with van der Waals surface area (Å²) >= 11 is 0. The summed E-state index contributed by atoms with van der Waals surface area (Å²) in [5, 5.41) is 38.1. The van der Waals surface area contributed by atoms with Crippen molar-refractivity contribution >= 4 is 23.9 Å². The van der Waals surface area contributed by atoms with Gasteiger partial charge in [0.25, 0.3) is 23.9 Å². The van der Waals surface area contributed by atoms with Crippen molar-refractivity contribution < 1.29 is 44.7 Å². The lowest BCUT2D eigenvalue weighted by atomic mass is 10.4. The molecule has 9 N–H and O–H groups in total. The zero-order valence-corrected chi connectivity index (χ0v) is 13.0. The third-order valence-electron chi connectivity index (χ3n) is 0.544. The fraction of sp³-hybridized carbons (Fsp3) is 0.636. The fourth-order valence-corrected chi connectivity index (χ4v) is 0.0962. The van der Waals surface area contributed by atoms with Crippen LogP contribution in [0.1, 0.15) is 27.7 Å². The Bertz CT molecular complexity index is 227. The second kappa shape index (κ2) is 27.2. The van der Waals surface area contributed by atoms with Crippen molar-refractivity contribution in [1.29, 1.82) is 0 Å². The monoisotopic (exact) mass is 330 g/mol. The highest BCUT2D eigenvalue weighted by Gasteiger charge is 1.91. The number of nitrogens with two attached hydrogens (primary N) is 2. The molecule has 0 spiro atoms. The molecule has 0 aliphatic heterocycles. The predicted octanol–water partition coefficient (Wildman–Crippen LogP) is -1.37. The van der Waals surface area contributed by atoms with Gasteiger partial charge in [0.1, 0.15) is 0 Å². The number of carboxylic acid groups (broad SMARTS) is 4. The first-order valence-corrected chi connectivity index (χ1v) is 5.60. The number of hydrogen-bond donors (Lipinski definition) is 7. The van der Waals surface area contributed by atoms with Gasteiger partial charge >= 0.3 is 0 Å². The zero-order valence-electron chi connectivity index (χ0n) is 13.0. The third-order valence-corrected chi connectivity index (χ3v) is 0.544. The van der Waals surface area contributed by atoms with Crippen molar-refractivity contribution in [2.75, 3.05) is 13.1 Å². The van der Waals surface area contributed by atoms with Crippen LogP contribution in [0.25, 0.3) is 0 Å². The van der Waals surface area contributed by atoms with Gasteiger partial charge in [0.15, 0.2) is 0 Å². The summed E-state index contributed by atoms with van der Waals surface area (Å²) in [6.45, 7) is 4.85. The lowest BCUT2D eigenvalue weighted by Gasteiger charge is -1.98. The molecule has 22 heavy (non-hydrogen) atoms. The predicted molar refractivity (Wildman–Crippen MR) is 77.4 cm³/mol. The first-order chi connectivity index (χ1) is 9.74. The average molecular weight is 330 g/mol. The van der Waals surface area contributed by atoms with E-state index in [0.717, 1.165) is 27.7 Å². The molecule has 0 aromatic carbocycles. The van der Waals surface area contributed by atoms with Gasteiger partial charge in [0.05, 0.1) is 6.10 Å². The first kappa shape index (κ1) is 31.9. The summed E-state index contributed by atoms with van der Waals surface area (Å²) < 4.78 is 0. The molecule has 0 aromatic rings. The van der Waals surface area contributed by atoms with Crippen LogP contribution in [-0.2, 0) is 19.2 Å². The number of carboxylic acids is 4. The van der Waals surface area contributed by atoms with Crippen LogP contribution in [0.2, 0.25) is 0 Å².